The van der Waals surface area contributed by atoms with Crippen molar-refractivity contribution in [1.82, 2.24) is 15.0 Å². The topological polar surface area (TPSA) is 77.7 Å². The Morgan fingerprint density at radius 3 is 2.88 bits per heavy atom. The van der Waals surface area contributed by atoms with Gasteiger partial charge in [0.05, 0.1) is 26.2 Å². The van der Waals surface area contributed by atoms with Gasteiger partial charge in [-0.3, -0.25) is 9.69 Å². The van der Waals surface area contributed by atoms with E-state index in [-0.39, 0.29) is 11.9 Å². The van der Waals surface area contributed by atoms with Crippen LogP contribution in [0.2, 0.25) is 0 Å². The van der Waals surface area contributed by atoms with Crippen LogP contribution in [0.15, 0.2) is 28.8 Å². The highest BCUT2D eigenvalue weighted by molar-refractivity contribution is 5.72. The molecule has 25 heavy (non-hydrogen) atoms. The van der Waals surface area contributed by atoms with E-state index in [2.05, 4.69) is 15.0 Å². The second-order valence-corrected chi connectivity index (χ2v) is 6.05. The highest BCUT2D eigenvalue weighted by atomic mass is 16.5. The van der Waals surface area contributed by atoms with Gasteiger partial charge in [-0.05, 0) is 45.0 Å². The first kappa shape index (κ1) is 17.4. The summed E-state index contributed by atoms with van der Waals surface area (Å²) in [5.41, 5.74) is 0.857. The predicted molar refractivity (Wildman–Crippen MR) is 90.9 cm³/mol. The monoisotopic (exact) mass is 345 g/mol. The Bertz CT molecular complexity index is 708. The molecule has 0 saturated carbocycles. The van der Waals surface area contributed by atoms with E-state index < -0.39 is 0 Å². The summed E-state index contributed by atoms with van der Waals surface area (Å²) in [6.07, 6.45) is 1.60. The van der Waals surface area contributed by atoms with Crippen molar-refractivity contribution >= 4 is 5.97 Å². The van der Waals surface area contributed by atoms with E-state index in [1.165, 1.54) is 0 Å². The number of likely N-dealkylation sites (tertiary alicyclic amines) is 1. The number of methoxy groups -OCH3 is 1. The van der Waals surface area contributed by atoms with E-state index >= 15 is 0 Å². The minimum Gasteiger partial charge on any atom is -0.497 e. The Hall–Kier alpha value is -2.41. The molecule has 1 aromatic heterocycles. The molecule has 1 aromatic carbocycles. The lowest BCUT2D eigenvalue weighted by molar-refractivity contribution is -0.149. The van der Waals surface area contributed by atoms with E-state index in [4.69, 9.17) is 14.0 Å². The Morgan fingerprint density at radius 2 is 2.16 bits per heavy atom. The molecule has 0 amide bonds. The fourth-order valence-electron chi connectivity index (χ4n) is 2.98. The van der Waals surface area contributed by atoms with Gasteiger partial charge in [0.2, 0.25) is 11.7 Å². The molecule has 3 rings (SSSR count). The molecule has 1 fully saturated rings. The Balaban J connectivity index is 1.56. The number of esters is 1. The van der Waals surface area contributed by atoms with E-state index in [1.54, 1.807) is 7.11 Å². The van der Waals surface area contributed by atoms with Crippen molar-refractivity contribution in [3.63, 3.8) is 0 Å². The molecule has 0 radical (unpaired) electrons. The normalized spacial score (nSPS) is 15.9. The van der Waals surface area contributed by atoms with Crippen LogP contribution in [-0.4, -0.2) is 47.8 Å². The third-order valence-corrected chi connectivity index (χ3v) is 4.36. The average Bonchev–Trinajstić information content (AvgIpc) is 3.11. The molecule has 7 heteroatoms. The van der Waals surface area contributed by atoms with E-state index in [9.17, 15) is 4.79 Å². The maximum absolute atomic E-state index is 11.8. The summed E-state index contributed by atoms with van der Waals surface area (Å²) in [6.45, 7) is 4.50. The summed E-state index contributed by atoms with van der Waals surface area (Å²) in [6, 6.07) is 7.56. The highest BCUT2D eigenvalue weighted by Crippen LogP contribution is 2.23. The van der Waals surface area contributed by atoms with Gasteiger partial charge in [0.25, 0.3) is 0 Å². The highest BCUT2D eigenvalue weighted by Gasteiger charge is 2.26. The second-order valence-electron chi connectivity index (χ2n) is 6.05. The van der Waals surface area contributed by atoms with Crippen LogP contribution in [0.3, 0.4) is 0 Å². The molecule has 7 nitrogen and oxygen atoms in total. The first-order valence-electron chi connectivity index (χ1n) is 8.55. The van der Waals surface area contributed by atoms with E-state index in [0.29, 0.717) is 24.9 Å². The van der Waals surface area contributed by atoms with Crippen molar-refractivity contribution in [3.8, 4) is 17.1 Å². The smallest absolute Gasteiger partial charge is 0.309 e. The van der Waals surface area contributed by atoms with Crippen LogP contribution < -0.4 is 4.74 Å². The molecular formula is C18H23N3O4. The van der Waals surface area contributed by atoms with Crippen LogP contribution in [0, 0.1) is 5.92 Å². The molecule has 1 aliphatic heterocycles. The Morgan fingerprint density at radius 1 is 1.36 bits per heavy atom. The van der Waals surface area contributed by atoms with Crippen LogP contribution in [0.4, 0.5) is 0 Å². The number of aromatic nitrogens is 2. The van der Waals surface area contributed by atoms with Gasteiger partial charge in [-0.2, -0.15) is 4.98 Å². The molecule has 2 aromatic rings. The number of ether oxygens (including phenoxy) is 2. The number of rotatable bonds is 6. The minimum atomic E-state index is -0.0831. The fourth-order valence-corrected chi connectivity index (χ4v) is 2.98. The molecule has 134 valence electrons. The number of hydrogen-bond acceptors (Lipinski definition) is 7. The molecule has 0 aliphatic carbocycles. The molecule has 0 atom stereocenters. The number of carbonyl (C=O) groups is 1. The van der Waals surface area contributed by atoms with Gasteiger partial charge < -0.3 is 14.0 Å². The van der Waals surface area contributed by atoms with Gasteiger partial charge in [0.15, 0.2) is 0 Å². The fraction of sp³-hybridized carbons (Fsp3) is 0.500. The van der Waals surface area contributed by atoms with Gasteiger partial charge >= 0.3 is 5.97 Å². The largest absolute Gasteiger partial charge is 0.497 e. The van der Waals surface area contributed by atoms with Gasteiger partial charge in [-0.15, -0.1) is 0 Å². The van der Waals surface area contributed by atoms with Gasteiger partial charge in [0, 0.05) is 5.56 Å². The maximum atomic E-state index is 11.8. The number of benzene rings is 1. The zero-order valence-corrected chi connectivity index (χ0v) is 14.6. The summed E-state index contributed by atoms with van der Waals surface area (Å²) < 4.78 is 15.7. The van der Waals surface area contributed by atoms with Gasteiger partial charge in [0.1, 0.15) is 5.75 Å². The van der Waals surface area contributed by atoms with Crippen LogP contribution in [0.5, 0.6) is 5.75 Å². The molecule has 0 bridgehead atoms. The lowest BCUT2D eigenvalue weighted by Crippen LogP contribution is -2.36. The first-order valence-corrected chi connectivity index (χ1v) is 8.55. The molecule has 0 spiro atoms. The summed E-state index contributed by atoms with van der Waals surface area (Å²) in [7, 11) is 1.63. The standard InChI is InChI=1S/C18H23N3O4/c1-3-24-18(22)13-7-9-21(10-8-13)12-16-19-17(20-25-16)14-5-4-6-15(11-14)23-2/h4-6,11,13H,3,7-10,12H2,1-2H3. The zero-order valence-electron chi connectivity index (χ0n) is 14.6. The van der Waals surface area contributed by atoms with Crippen LogP contribution in [0.1, 0.15) is 25.7 Å². The molecular weight excluding hydrogens is 322 g/mol. The van der Waals surface area contributed by atoms with Crippen molar-refractivity contribution in [1.29, 1.82) is 0 Å². The summed E-state index contributed by atoms with van der Waals surface area (Å²) in [4.78, 5) is 18.5. The maximum Gasteiger partial charge on any atom is 0.309 e. The minimum absolute atomic E-state index is 0.00577. The lowest BCUT2D eigenvalue weighted by atomic mass is 9.97. The summed E-state index contributed by atoms with van der Waals surface area (Å²) in [5.74, 6) is 1.80. The average molecular weight is 345 g/mol. The number of piperidine rings is 1. The van der Waals surface area contributed by atoms with Crippen molar-refractivity contribution in [2.75, 3.05) is 26.8 Å². The summed E-state index contributed by atoms with van der Waals surface area (Å²) in [5, 5.41) is 4.05. The van der Waals surface area contributed by atoms with E-state index in [1.807, 2.05) is 31.2 Å². The molecule has 2 heterocycles. The van der Waals surface area contributed by atoms with Crippen molar-refractivity contribution in [2.45, 2.75) is 26.3 Å². The molecule has 0 unspecified atom stereocenters. The van der Waals surface area contributed by atoms with E-state index in [0.717, 1.165) is 37.2 Å². The van der Waals surface area contributed by atoms with Crippen LogP contribution >= 0.6 is 0 Å². The van der Waals surface area contributed by atoms with Crippen molar-refractivity contribution in [2.24, 2.45) is 5.92 Å². The van der Waals surface area contributed by atoms with Crippen LogP contribution in [0.25, 0.3) is 11.4 Å². The molecule has 0 N–H and O–H groups in total. The Kier molecular flexibility index (Phi) is 5.65. The first-order chi connectivity index (χ1) is 12.2. The number of hydrogen-bond donors (Lipinski definition) is 0. The molecule has 1 saturated heterocycles. The van der Waals surface area contributed by atoms with Crippen molar-refractivity contribution < 1.29 is 18.8 Å². The lowest BCUT2D eigenvalue weighted by Gasteiger charge is -2.29. The SMILES string of the molecule is CCOC(=O)C1CCN(Cc2nc(-c3cccc(OC)c3)no2)CC1. The predicted octanol–water partition coefficient (Wildman–Crippen LogP) is 2.52. The third-order valence-electron chi connectivity index (χ3n) is 4.36. The number of carbonyl (C=O) groups excluding carboxylic acids is 1. The zero-order chi connectivity index (χ0) is 17.6. The van der Waals surface area contributed by atoms with Gasteiger partial charge in [-0.25, -0.2) is 0 Å². The summed E-state index contributed by atoms with van der Waals surface area (Å²) >= 11 is 0. The quantitative estimate of drug-likeness (QED) is 0.744. The second kappa shape index (κ2) is 8.11. The Labute approximate surface area is 146 Å². The van der Waals surface area contributed by atoms with Crippen LogP contribution in [-0.2, 0) is 16.1 Å². The van der Waals surface area contributed by atoms with Crippen molar-refractivity contribution in [3.05, 3.63) is 30.2 Å². The third kappa shape index (κ3) is 4.36. The molecule has 1 aliphatic rings. The number of nitrogens with zero attached hydrogens (tertiary/aromatic N) is 3. The van der Waals surface area contributed by atoms with Gasteiger partial charge in [-0.1, -0.05) is 17.3 Å².